The molecule has 0 radical (unpaired) electrons. The molecule has 6 atom stereocenters. The van der Waals surface area contributed by atoms with Crippen LogP contribution in [0.25, 0.3) is 66.4 Å². The molecule has 19 heteroatoms. The summed E-state index contributed by atoms with van der Waals surface area (Å²) in [7, 11) is 2.93. The minimum Gasteiger partial charge on any atom is -0.349 e. The first-order valence-electron chi connectivity index (χ1n) is 22.8. The molecule has 0 aliphatic carbocycles. The summed E-state index contributed by atoms with van der Waals surface area (Å²) in [5, 5.41) is 11.8. The first-order chi connectivity index (χ1) is 31.5. The predicted octanol–water partition coefficient (Wildman–Crippen LogP) is 8.30. The van der Waals surface area contributed by atoms with Gasteiger partial charge in [-0.1, -0.05) is 42.3 Å². The summed E-state index contributed by atoms with van der Waals surface area (Å²) >= 11 is 13.6. The van der Waals surface area contributed by atoms with Crippen LogP contribution in [-0.4, -0.2) is 105 Å². The van der Waals surface area contributed by atoms with E-state index in [4.69, 9.17) is 48.9 Å². The number of anilines is 2. The molecule has 4 bridgehead atoms. The maximum absolute atomic E-state index is 13.4. The molecule has 344 valence electrons. The van der Waals surface area contributed by atoms with Crippen LogP contribution in [0.4, 0.5) is 11.6 Å². The lowest BCUT2D eigenvalue weighted by Crippen LogP contribution is -2.48. The topological polar surface area (TPSA) is 178 Å². The fourth-order valence-electron chi connectivity index (χ4n) is 11.5. The number of hydrogen-bond donors (Lipinski definition) is 2. The molecule has 2 unspecified atom stereocenters. The van der Waals surface area contributed by atoms with Crippen molar-refractivity contribution in [3.63, 3.8) is 0 Å². The number of aromatic amines is 1. The molecule has 66 heavy (non-hydrogen) atoms. The van der Waals surface area contributed by atoms with Gasteiger partial charge in [0.1, 0.15) is 11.0 Å². The average molecular weight is 950 g/mol. The fraction of sp³-hybridized carbons (Fsp3) is 0.447. The largest absolute Gasteiger partial charge is 0.349 e. The summed E-state index contributed by atoms with van der Waals surface area (Å²) in [6, 6.07) is 9.85. The van der Waals surface area contributed by atoms with Crippen LogP contribution in [0.3, 0.4) is 0 Å². The molecule has 16 nitrogen and oxygen atoms in total. The van der Waals surface area contributed by atoms with Gasteiger partial charge in [-0.2, -0.15) is 22.9 Å². The van der Waals surface area contributed by atoms with Gasteiger partial charge in [-0.05, 0) is 83.3 Å². The van der Waals surface area contributed by atoms with Gasteiger partial charge in [0.15, 0.2) is 22.9 Å². The van der Waals surface area contributed by atoms with E-state index in [1.807, 2.05) is 63.9 Å². The Labute approximate surface area is 393 Å². The van der Waals surface area contributed by atoms with Gasteiger partial charge in [0.25, 0.3) is 0 Å². The Bertz CT molecular complexity index is 3330. The number of hydrogen-bond acceptors (Lipinski definition) is 11. The van der Waals surface area contributed by atoms with E-state index in [0.717, 1.165) is 106 Å². The van der Waals surface area contributed by atoms with Gasteiger partial charge in [0.05, 0.1) is 32.5 Å². The third-order valence-electron chi connectivity index (χ3n) is 14.4. The van der Waals surface area contributed by atoms with Gasteiger partial charge >= 0.3 is 10.2 Å². The standard InChI is InChI=1S/C25H30ClN7O2S.C22H24ClN7/c1-14-10-16-6-7-17(11-14)33(16)24-15(2)27-23-19(13-32(25(23)28-24)36(34,35)30(3)4)18-8-9-21-20(22(18)26)12-31(5)29-21;1-11-22(30-13-3-4-14(30)8-12(24)7-13)27-21-20(26-11)16(9-25-21)15-5-6-18-17(19(15)23)10-29(2)28-18/h8-9,12-14,16-17H,6-7,10-11H2,1-5H3;5-6,9-10,12-14H,3-4,7-8,24H2,1-2H3,(H,25,27)/t14?,16-,17+;12?,13-,14+. The zero-order valence-corrected chi connectivity index (χ0v) is 40.5. The molecule has 8 aromatic rings. The van der Waals surface area contributed by atoms with Crippen molar-refractivity contribution in [2.75, 3.05) is 23.9 Å². The molecule has 4 fully saturated rings. The van der Waals surface area contributed by atoms with Crippen molar-refractivity contribution in [1.82, 2.24) is 52.8 Å². The van der Waals surface area contributed by atoms with Crippen LogP contribution < -0.4 is 15.5 Å². The fourth-order valence-corrected chi connectivity index (χ4v) is 13.0. The lowest BCUT2D eigenvalue weighted by atomic mass is 9.92. The van der Waals surface area contributed by atoms with Crippen molar-refractivity contribution >= 4 is 89.2 Å². The SMILES string of the molecule is Cc1nc2c(-c3ccc4nn(C)cc4c3Cl)c[nH]c2nc1N1[C@@H]2CC[C@H]1CC(N)C2.Cc1nc2c(-c3ccc4nn(C)cc4c3Cl)cn(S(=O)(=O)N(C)C)c2nc1N1[C@@H]2CC[C@H]1CC(C)C2. The lowest BCUT2D eigenvalue weighted by molar-refractivity contribution is 0.361. The van der Waals surface area contributed by atoms with E-state index in [1.165, 1.54) is 35.2 Å². The molecule has 10 heterocycles. The molecule has 2 aromatic carbocycles. The number of rotatable bonds is 6. The van der Waals surface area contributed by atoms with E-state index in [-0.39, 0.29) is 0 Å². The summed E-state index contributed by atoms with van der Waals surface area (Å²) in [6.45, 7) is 6.33. The Morgan fingerprint density at radius 1 is 0.682 bits per heavy atom. The molecule has 0 spiro atoms. The maximum atomic E-state index is 13.4. The average Bonchev–Trinajstić information content (AvgIpc) is 4.12. The number of H-pyrrole nitrogens is 1. The first-order valence-corrected chi connectivity index (χ1v) is 25.0. The minimum absolute atomic E-state index is 0.303. The first kappa shape index (κ1) is 43.3. The number of halogens is 2. The molecule has 4 aliphatic rings. The smallest absolute Gasteiger partial charge is 0.308 e. The lowest BCUT2D eigenvalue weighted by Gasteiger charge is -2.39. The molecule has 4 aliphatic heterocycles. The Morgan fingerprint density at radius 3 is 1.73 bits per heavy atom. The molecule has 0 saturated carbocycles. The zero-order valence-electron chi connectivity index (χ0n) is 38.2. The highest BCUT2D eigenvalue weighted by Crippen LogP contribution is 2.45. The number of nitrogens with two attached hydrogens (primary N) is 1. The van der Waals surface area contributed by atoms with E-state index in [1.54, 1.807) is 15.6 Å². The van der Waals surface area contributed by atoms with Gasteiger partial charge in [-0.25, -0.2) is 23.9 Å². The second-order valence-corrected chi connectivity index (χ2v) is 22.0. The monoisotopic (exact) mass is 948 g/mol. The molecule has 0 amide bonds. The van der Waals surface area contributed by atoms with Crippen molar-refractivity contribution in [1.29, 1.82) is 0 Å². The van der Waals surface area contributed by atoms with Crippen LogP contribution in [0.5, 0.6) is 0 Å². The van der Waals surface area contributed by atoms with Gasteiger partial charge in [0, 0.05) is 116 Å². The Balaban J connectivity index is 0.000000148. The molecule has 12 rings (SSSR count). The number of fused-ring (bicyclic) bond motifs is 8. The van der Waals surface area contributed by atoms with Crippen molar-refractivity contribution in [3.8, 4) is 22.3 Å². The number of aromatic nitrogens is 10. The van der Waals surface area contributed by atoms with Crippen LogP contribution in [0, 0.1) is 19.8 Å². The molecular weight excluding hydrogens is 896 g/mol. The Kier molecular flexibility index (Phi) is 10.4. The second kappa shape index (κ2) is 15.9. The molecule has 6 aromatic heterocycles. The highest BCUT2D eigenvalue weighted by molar-refractivity contribution is 7.87. The quantitative estimate of drug-likeness (QED) is 0.164. The number of nitrogens with one attached hydrogen (secondary N) is 1. The minimum atomic E-state index is -3.85. The Morgan fingerprint density at radius 2 is 1.18 bits per heavy atom. The van der Waals surface area contributed by atoms with Crippen molar-refractivity contribution in [3.05, 3.63) is 70.5 Å². The number of aryl methyl sites for hydroxylation is 4. The summed E-state index contributed by atoms with van der Waals surface area (Å²) in [5.74, 6) is 2.46. The summed E-state index contributed by atoms with van der Waals surface area (Å²) < 4.78 is 32.7. The van der Waals surface area contributed by atoms with Crippen molar-refractivity contribution < 1.29 is 8.42 Å². The Hall–Kier alpha value is -5.33. The van der Waals surface area contributed by atoms with Crippen molar-refractivity contribution in [2.24, 2.45) is 25.7 Å². The number of nitrogens with zero attached hydrogens (tertiary/aromatic N) is 12. The summed E-state index contributed by atoms with van der Waals surface area (Å²) in [5.41, 5.74) is 15.4. The summed E-state index contributed by atoms with van der Waals surface area (Å²) in [6.07, 6.45) is 16.3. The zero-order chi connectivity index (χ0) is 46.1. The highest BCUT2D eigenvalue weighted by Gasteiger charge is 2.43. The van der Waals surface area contributed by atoms with Gasteiger partial charge in [0.2, 0.25) is 0 Å². The highest BCUT2D eigenvalue weighted by atomic mass is 35.5. The van der Waals surface area contributed by atoms with Gasteiger partial charge in [-0.3, -0.25) is 9.36 Å². The van der Waals surface area contributed by atoms with Gasteiger partial charge in [-0.15, -0.1) is 0 Å². The van der Waals surface area contributed by atoms with E-state index in [9.17, 15) is 8.42 Å². The second-order valence-electron chi connectivity index (χ2n) is 19.2. The molecular formula is C47H54Cl2N14O2S. The van der Waals surface area contributed by atoms with Crippen molar-refractivity contribution in [2.45, 2.75) is 102 Å². The van der Waals surface area contributed by atoms with E-state index in [2.05, 4.69) is 38.8 Å². The van der Waals surface area contributed by atoms with Gasteiger partial charge < -0.3 is 20.5 Å². The van der Waals surface area contributed by atoms with Crippen LogP contribution in [0.15, 0.2) is 49.1 Å². The third-order valence-corrected chi connectivity index (χ3v) is 16.9. The van der Waals surface area contributed by atoms with Crippen LogP contribution in [0.2, 0.25) is 10.0 Å². The van der Waals surface area contributed by atoms with E-state index in [0.29, 0.717) is 68.5 Å². The predicted molar refractivity (Wildman–Crippen MR) is 263 cm³/mol. The number of piperidine rings is 2. The molecule has 3 N–H and O–H groups in total. The normalized spacial score (nSPS) is 23.0. The third kappa shape index (κ3) is 6.94. The summed E-state index contributed by atoms with van der Waals surface area (Å²) in [4.78, 5) is 28.2. The molecule has 4 saturated heterocycles. The van der Waals surface area contributed by atoms with E-state index >= 15 is 0 Å². The number of benzene rings is 2. The van der Waals surface area contributed by atoms with Crippen LogP contribution in [-0.2, 0) is 24.3 Å². The maximum Gasteiger partial charge on any atom is 0.308 e. The van der Waals surface area contributed by atoms with Crippen LogP contribution >= 0.6 is 23.2 Å². The van der Waals surface area contributed by atoms with Crippen LogP contribution in [0.1, 0.15) is 69.7 Å². The van der Waals surface area contributed by atoms with E-state index < -0.39 is 10.2 Å².